The van der Waals surface area contributed by atoms with E-state index in [1.807, 2.05) is 0 Å². The van der Waals surface area contributed by atoms with Crippen LogP contribution >= 0.6 is 26.6 Å². The van der Waals surface area contributed by atoms with Gasteiger partial charge in [-0.2, -0.15) is 0 Å². The van der Waals surface area contributed by atoms with Gasteiger partial charge in [0.1, 0.15) is 5.02 Å². The van der Waals surface area contributed by atoms with Gasteiger partial charge in [-0.15, -0.1) is 0 Å². The molecule has 0 spiro atoms. The Hall–Kier alpha value is -0.220. The van der Waals surface area contributed by atoms with Crippen LogP contribution in [-0.2, 0) is 15.7 Å². The SMILES string of the molecule is CP(=O)(O)C(C[n+]1cccc(Cl)c1)P(=O)(O)O. The zero-order valence-electron chi connectivity index (χ0n) is 8.97. The van der Waals surface area contributed by atoms with Gasteiger partial charge in [-0.05, 0) is 6.07 Å². The Bertz CT molecular complexity index is 474. The monoisotopic (exact) mass is 300 g/mol. The van der Waals surface area contributed by atoms with Gasteiger partial charge in [0.2, 0.25) is 7.37 Å². The lowest BCUT2D eigenvalue weighted by Crippen LogP contribution is -2.39. The van der Waals surface area contributed by atoms with Gasteiger partial charge in [-0.3, -0.25) is 9.13 Å². The van der Waals surface area contributed by atoms with E-state index in [4.69, 9.17) is 21.4 Å². The molecule has 2 atom stereocenters. The summed E-state index contributed by atoms with van der Waals surface area (Å²) in [7, 11) is -8.56. The van der Waals surface area contributed by atoms with Crippen LogP contribution in [0.4, 0.5) is 0 Å². The van der Waals surface area contributed by atoms with Crippen molar-refractivity contribution >= 4 is 26.6 Å². The van der Waals surface area contributed by atoms with E-state index in [1.165, 1.54) is 17.0 Å². The van der Waals surface area contributed by atoms with Gasteiger partial charge in [0, 0.05) is 12.7 Å². The molecule has 0 aliphatic rings. The Morgan fingerprint density at radius 3 is 2.41 bits per heavy atom. The minimum Gasteiger partial charge on any atom is -0.344 e. The summed E-state index contributed by atoms with van der Waals surface area (Å²) >= 11 is 5.71. The van der Waals surface area contributed by atoms with E-state index in [9.17, 15) is 14.0 Å². The molecule has 0 amide bonds. The first-order valence-electron chi connectivity index (χ1n) is 4.60. The molecule has 0 radical (unpaired) electrons. The zero-order chi connectivity index (χ0) is 13.3. The Morgan fingerprint density at radius 2 is 2.00 bits per heavy atom. The molecule has 0 fully saturated rings. The van der Waals surface area contributed by atoms with Crippen LogP contribution in [0.25, 0.3) is 0 Å². The van der Waals surface area contributed by atoms with E-state index in [2.05, 4.69) is 0 Å². The molecule has 0 saturated carbocycles. The highest BCUT2D eigenvalue weighted by Crippen LogP contribution is 2.60. The molecule has 1 heterocycles. The van der Waals surface area contributed by atoms with Crippen LogP contribution in [-0.4, -0.2) is 26.7 Å². The number of nitrogens with zero attached hydrogens (tertiary/aromatic N) is 1. The van der Waals surface area contributed by atoms with Gasteiger partial charge in [0.05, 0.1) is 0 Å². The van der Waals surface area contributed by atoms with Crippen molar-refractivity contribution < 1.29 is 28.4 Å². The first kappa shape index (κ1) is 14.8. The summed E-state index contributed by atoms with van der Waals surface area (Å²) < 4.78 is 24.0. The van der Waals surface area contributed by atoms with Crippen LogP contribution < -0.4 is 4.57 Å². The molecule has 1 rings (SSSR count). The van der Waals surface area contributed by atoms with Gasteiger partial charge < -0.3 is 14.7 Å². The molecule has 2 unspecified atom stereocenters. The lowest BCUT2D eigenvalue weighted by Gasteiger charge is -2.18. The third-order valence-electron chi connectivity index (χ3n) is 2.14. The smallest absolute Gasteiger partial charge is 0.344 e. The molecule has 0 aliphatic carbocycles. The summed E-state index contributed by atoms with van der Waals surface area (Å²) in [5, 5.41) is -1.25. The summed E-state index contributed by atoms with van der Waals surface area (Å²) in [6.45, 7) is 0.664. The quantitative estimate of drug-likeness (QED) is 0.570. The minimum atomic E-state index is -4.65. The van der Waals surface area contributed by atoms with Crippen molar-refractivity contribution in [2.75, 3.05) is 6.66 Å². The lowest BCUT2D eigenvalue weighted by molar-refractivity contribution is -0.694. The van der Waals surface area contributed by atoms with Crippen molar-refractivity contribution in [1.29, 1.82) is 0 Å². The molecular weight excluding hydrogens is 287 g/mol. The maximum Gasteiger partial charge on any atom is 0.344 e. The van der Waals surface area contributed by atoms with Crippen molar-refractivity contribution in [2.24, 2.45) is 0 Å². The van der Waals surface area contributed by atoms with E-state index in [1.54, 1.807) is 12.1 Å². The number of pyridine rings is 1. The molecule has 3 N–H and O–H groups in total. The zero-order valence-corrected chi connectivity index (χ0v) is 11.5. The molecule has 0 bridgehead atoms. The van der Waals surface area contributed by atoms with Crippen molar-refractivity contribution in [3.8, 4) is 0 Å². The second kappa shape index (κ2) is 5.19. The minimum absolute atomic E-state index is 0.269. The molecule has 0 saturated heterocycles. The predicted octanol–water partition coefficient (Wildman–Crippen LogP) is 1.03. The van der Waals surface area contributed by atoms with Gasteiger partial charge in [-0.25, -0.2) is 4.57 Å². The van der Waals surface area contributed by atoms with E-state index in [0.29, 0.717) is 5.02 Å². The van der Waals surface area contributed by atoms with Crippen LogP contribution in [0.15, 0.2) is 24.5 Å². The highest BCUT2D eigenvalue weighted by atomic mass is 35.5. The van der Waals surface area contributed by atoms with Crippen LogP contribution in [0.3, 0.4) is 0 Å². The molecular formula is C8H13ClNO5P2+. The Kier molecular flexibility index (Phi) is 4.53. The molecule has 96 valence electrons. The van der Waals surface area contributed by atoms with E-state index in [-0.39, 0.29) is 6.54 Å². The molecule has 6 nitrogen and oxygen atoms in total. The molecule has 1 aromatic rings. The van der Waals surface area contributed by atoms with Gasteiger partial charge in [0.25, 0.3) is 0 Å². The summed E-state index contributed by atoms with van der Waals surface area (Å²) in [6, 6.07) is 3.17. The maximum absolute atomic E-state index is 11.5. The van der Waals surface area contributed by atoms with E-state index >= 15 is 0 Å². The number of halogens is 1. The summed E-state index contributed by atoms with van der Waals surface area (Å²) in [4.78, 5) is 27.5. The Balaban J connectivity index is 3.04. The third kappa shape index (κ3) is 4.51. The Morgan fingerprint density at radius 1 is 1.41 bits per heavy atom. The molecule has 0 aliphatic heterocycles. The van der Waals surface area contributed by atoms with Gasteiger partial charge in [-0.1, -0.05) is 11.6 Å². The van der Waals surface area contributed by atoms with Crippen molar-refractivity contribution in [2.45, 2.75) is 11.9 Å². The van der Waals surface area contributed by atoms with Crippen LogP contribution in [0.5, 0.6) is 0 Å². The second-order valence-electron chi connectivity index (χ2n) is 3.73. The van der Waals surface area contributed by atoms with Crippen molar-refractivity contribution in [3.05, 3.63) is 29.5 Å². The number of hydrogen-bond acceptors (Lipinski definition) is 2. The summed E-state index contributed by atoms with van der Waals surface area (Å²) in [5.74, 6) is 0. The Labute approximate surface area is 103 Å². The molecule has 1 aromatic heterocycles. The summed E-state index contributed by atoms with van der Waals surface area (Å²) in [5.41, 5.74) is 0. The predicted molar refractivity (Wildman–Crippen MR) is 63.2 cm³/mol. The third-order valence-corrected chi connectivity index (χ3v) is 6.76. The number of rotatable bonds is 4. The normalized spacial score (nSPS) is 17.5. The van der Waals surface area contributed by atoms with E-state index in [0.717, 1.165) is 6.66 Å². The fraction of sp³-hybridized carbons (Fsp3) is 0.375. The lowest BCUT2D eigenvalue weighted by atomic mass is 10.5. The highest BCUT2D eigenvalue weighted by molar-refractivity contribution is 7.73. The molecule has 9 heteroatoms. The standard InChI is InChI=1S/C8H12ClNO5P2/c1-16(11,12)8(17(13,14)15)6-10-4-2-3-7(9)5-10/h2-5,8H,6H2,1H3,(H2-,11,12,13,14,15)/p+1. The number of aromatic nitrogens is 1. The average molecular weight is 301 g/mol. The topological polar surface area (TPSA) is 98.7 Å². The van der Waals surface area contributed by atoms with Gasteiger partial charge in [0.15, 0.2) is 24.3 Å². The number of hydrogen-bond donors (Lipinski definition) is 3. The van der Waals surface area contributed by atoms with Crippen LogP contribution in [0.1, 0.15) is 0 Å². The van der Waals surface area contributed by atoms with E-state index < -0.39 is 20.4 Å². The summed E-state index contributed by atoms with van der Waals surface area (Å²) in [6.07, 6.45) is 2.95. The molecule has 17 heavy (non-hydrogen) atoms. The first-order valence-corrected chi connectivity index (χ1v) is 8.84. The van der Waals surface area contributed by atoms with Crippen LogP contribution in [0, 0.1) is 0 Å². The van der Waals surface area contributed by atoms with Crippen molar-refractivity contribution in [3.63, 3.8) is 0 Å². The maximum atomic E-state index is 11.5. The fourth-order valence-corrected chi connectivity index (χ4v) is 4.65. The second-order valence-corrected chi connectivity index (χ2v) is 8.89. The largest absolute Gasteiger partial charge is 0.344 e. The van der Waals surface area contributed by atoms with Gasteiger partial charge >= 0.3 is 7.60 Å². The first-order chi connectivity index (χ1) is 7.60. The fourth-order valence-electron chi connectivity index (χ4n) is 1.33. The van der Waals surface area contributed by atoms with Crippen LogP contribution in [0.2, 0.25) is 5.02 Å². The average Bonchev–Trinajstić information content (AvgIpc) is 2.10. The van der Waals surface area contributed by atoms with Crippen molar-refractivity contribution in [1.82, 2.24) is 0 Å². The molecule has 0 aromatic carbocycles. The highest BCUT2D eigenvalue weighted by Gasteiger charge is 2.43.